The van der Waals surface area contributed by atoms with E-state index in [1.165, 1.54) is 12.8 Å². The lowest BCUT2D eigenvalue weighted by Crippen LogP contribution is -2.44. The van der Waals surface area contributed by atoms with Gasteiger partial charge in [-0.3, -0.25) is 4.90 Å². The Morgan fingerprint density at radius 2 is 2.08 bits per heavy atom. The van der Waals surface area contributed by atoms with Crippen molar-refractivity contribution in [3.63, 3.8) is 0 Å². The van der Waals surface area contributed by atoms with Gasteiger partial charge in [0.15, 0.2) is 0 Å². The first-order valence-corrected chi connectivity index (χ1v) is 8.84. The van der Waals surface area contributed by atoms with E-state index in [4.69, 9.17) is 4.42 Å². The van der Waals surface area contributed by atoms with E-state index in [1.54, 1.807) is 13.2 Å². The van der Waals surface area contributed by atoms with E-state index in [0.717, 1.165) is 18.8 Å². The van der Waals surface area contributed by atoms with Crippen molar-refractivity contribution in [1.29, 1.82) is 0 Å². The summed E-state index contributed by atoms with van der Waals surface area (Å²) in [6, 6.07) is 3.76. The van der Waals surface area contributed by atoms with Crippen LogP contribution in [-0.2, 0) is 0 Å². The first-order chi connectivity index (χ1) is 11.4. The predicted octanol–water partition coefficient (Wildman–Crippen LogP) is 2.51. The summed E-state index contributed by atoms with van der Waals surface area (Å²) >= 11 is 0. The van der Waals surface area contributed by atoms with Gasteiger partial charge in [-0.2, -0.15) is 0 Å². The average Bonchev–Trinajstić information content (AvgIpc) is 3.18. The molecule has 6 nitrogen and oxygen atoms in total. The molecule has 0 bridgehead atoms. The summed E-state index contributed by atoms with van der Waals surface area (Å²) < 4.78 is 5.56. The van der Waals surface area contributed by atoms with E-state index in [9.17, 15) is 9.90 Å². The maximum atomic E-state index is 12.1. The molecule has 0 spiro atoms. The number of amides is 2. The lowest BCUT2D eigenvalue weighted by atomic mass is 9.87. The smallest absolute Gasteiger partial charge is 0.314 e. The minimum Gasteiger partial charge on any atom is -0.468 e. The van der Waals surface area contributed by atoms with Crippen LogP contribution in [0.15, 0.2) is 22.8 Å². The highest BCUT2D eigenvalue weighted by Crippen LogP contribution is 2.25. The van der Waals surface area contributed by atoms with Gasteiger partial charge in [0.25, 0.3) is 0 Å². The Bertz CT molecular complexity index is 494. The highest BCUT2D eigenvalue weighted by atomic mass is 16.3. The van der Waals surface area contributed by atoms with E-state index >= 15 is 0 Å². The molecule has 1 fully saturated rings. The number of hydrogen-bond acceptors (Lipinski definition) is 4. The molecule has 0 aliphatic carbocycles. The Morgan fingerprint density at radius 3 is 2.67 bits per heavy atom. The van der Waals surface area contributed by atoms with Crippen LogP contribution in [0.1, 0.15) is 51.8 Å². The van der Waals surface area contributed by atoms with Crippen LogP contribution in [0.2, 0.25) is 0 Å². The van der Waals surface area contributed by atoms with Crippen LogP contribution in [0.3, 0.4) is 0 Å². The van der Waals surface area contributed by atoms with Gasteiger partial charge >= 0.3 is 6.03 Å². The molecule has 0 radical (unpaired) electrons. The second kappa shape index (κ2) is 8.53. The first-order valence-electron chi connectivity index (χ1n) is 8.84. The molecule has 24 heavy (non-hydrogen) atoms. The van der Waals surface area contributed by atoms with Gasteiger partial charge in [-0.25, -0.2) is 4.79 Å². The summed E-state index contributed by atoms with van der Waals surface area (Å²) in [6.07, 6.45) is 4.34. The largest absolute Gasteiger partial charge is 0.468 e. The molecule has 2 rings (SSSR count). The number of nitrogens with zero attached hydrogens (tertiary/aromatic N) is 1. The molecule has 136 valence electrons. The second-order valence-corrected chi connectivity index (χ2v) is 7.56. The topological polar surface area (TPSA) is 77.7 Å². The number of rotatable bonds is 8. The molecule has 2 heterocycles. The van der Waals surface area contributed by atoms with E-state index in [0.29, 0.717) is 19.5 Å². The van der Waals surface area contributed by atoms with E-state index < -0.39 is 0 Å². The average molecular weight is 337 g/mol. The third-order valence-electron chi connectivity index (χ3n) is 4.48. The maximum Gasteiger partial charge on any atom is 0.314 e. The van der Waals surface area contributed by atoms with Gasteiger partial charge < -0.3 is 20.2 Å². The summed E-state index contributed by atoms with van der Waals surface area (Å²) in [4.78, 5) is 14.5. The van der Waals surface area contributed by atoms with Gasteiger partial charge in [0.2, 0.25) is 0 Å². The van der Waals surface area contributed by atoms with Crippen molar-refractivity contribution in [2.45, 2.75) is 52.2 Å². The van der Waals surface area contributed by atoms with Crippen molar-refractivity contribution < 1.29 is 14.3 Å². The highest BCUT2D eigenvalue weighted by Gasteiger charge is 2.26. The van der Waals surface area contributed by atoms with Crippen molar-refractivity contribution >= 4 is 6.03 Å². The summed E-state index contributed by atoms with van der Waals surface area (Å²) in [5.41, 5.74) is -0.138. The monoisotopic (exact) mass is 337 g/mol. The molecule has 1 aromatic heterocycles. The lowest BCUT2D eigenvalue weighted by Gasteiger charge is -2.28. The summed E-state index contributed by atoms with van der Waals surface area (Å²) in [5, 5.41) is 15.4. The molecule has 1 aliphatic rings. The fourth-order valence-electron chi connectivity index (χ4n) is 3.39. The normalized spacial score (nSPS) is 18.3. The second-order valence-electron chi connectivity index (χ2n) is 7.56. The Labute approximate surface area is 144 Å². The van der Waals surface area contributed by atoms with Gasteiger partial charge in [-0.1, -0.05) is 13.8 Å². The first kappa shape index (κ1) is 18.8. The van der Waals surface area contributed by atoms with Gasteiger partial charge in [-0.15, -0.1) is 0 Å². The zero-order chi connectivity index (χ0) is 17.6. The van der Waals surface area contributed by atoms with Crippen molar-refractivity contribution in [2.24, 2.45) is 5.41 Å². The number of urea groups is 1. The zero-order valence-electron chi connectivity index (χ0n) is 15.0. The Hall–Kier alpha value is -1.53. The standard InChI is InChI=1S/C18H31N3O3/c1-14(22)11-18(2,3)13-20-17(23)19-12-15(16-7-6-10-24-16)21-8-4-5-9-21/h6-7,10,14-15,22H,4-5,8-9,11-13H2,1-3H3,(H2,19,20,23). The van der Waals surface area contributed by atoms with Crippen molar-refractivity contribution in [3.05, 3.63) is 24.2 Å². The molecule has 6 heteroatoms. The third kappa shape index (κ3) is 5.83. The molecule has 2 atom stereocenters. The Balaban J connectivity index is 1.82. The van der Waals surface area contributed by atoms with E-state index in [1.807, 2.05) is 26.0 Å². The van der Waals surface area contributed by atoms with Crippen molar-refractivity contribution in [3.8, 4) is 0 Å². The number of aliphatic hydroxyl groups is 1. The van der Waals surface area contributed by atoms with Gasteiger partial charge in [0, 0.05) is 13.1 Å². The number of nitrogens with one attached hydrogen (secondary N) is 2. The zero-order valence-corrected chi connectivity index (χ0v) is 15.0. The van der Waals surface area contributed by atoms with Crippen LogP contribution in [0, 0.1) is 5.41 Å². The number of hydrogen-bond donors (Lipinski definition) is 3. The van der Waals surface area contributed by atoms with Crippen molar-refractivity contribution in [1.82, 2.24) is 15.5 Å². The molecule has 1 saturated heterocycles. The number of carbonyl (C=O) groups excluding carboxylic acids is 1. The predicted molar refractivity (Wildman–Crippen MR) is 93.7 cm³/mol. The van der Waals surface area contributed by atoms with E-state index in [2.05, 4.69) is 15.5 Å². The van der Waals surface area contributed by atoms with Crippen LogP contribution in [0.5, 0.6) is 0 Å². The van der Waals surface area contributed by atoms with Gasteiger partial charge in [0.05, 0.1) is 18.4 Å². The summed E-state index contributed by atoms with van der Waals surface area (Å²) in [5.74, 6) is 0.895. The molecule has 1 aliphatic heterocycles. The van der Waals surface area contributed by atoms with Crippen LogP contribution in [-0.4, -0.2) is 48.3 Å². The van der Waals surface area contributed by atoms with Crippen LogP contribution in [0.25, 0.3) is 0 Å². The molecule has 0 saturated carbocycles. The lowest BCUT2D eigenvalue weighted by molar-refractivity contribution is 0.128. The minimum atomic E-state index is -0.372. The minimum absolute atomic E-state index is 0.0822. The van der Waals surface area contributed by atoms with Crippen LogP contribution in [0.4, 0.5) is 4.79 Å². The van der Waals surface area contributed by atoms with Crippen molar-refractivity contribution in [2.75, 3.05) is 26.2 Å². The molecule has 2 amide bonds. The van der Waals surface area contributed by atoms with Gasteiger partial charge in [-0.05, 0) is 56.8 Å². The number of carbonyl (C=O) groups is 1. The van der Waals surface area contributed by atoms with E-state index in [-0.39, 0.29) is 23.6 Å². The quantitative estimate of drug-likeness (QED) is 0.681. The Kier molecular flexibility index (Phi) is 6.69. The molecule has 2 unspecified atom stereocenters. The highest BCUT2D eigenvalue weighted by molar-refractivity contribution is 5.73. The van der Waals surface area contributed by atoms with Crippen LogP contribution < -0.4 is 10.6 Å². The molecule has 0 aromatic carbocycles. The molecule has 1 aromatic rings. The SMILES string of the molecule is CC(O)CC(C)(C)CNC(=O)NCC(c1ccco1)N1CCCC1. The molecular formula is C18H31N3O3. The maximum absolute atomic E-state index is 12.1. The number of aliphatic hydroxyl groups excluding tert-OH is 1. The summed E-state index contributed by atoms with van der Waals surface area (Å²) in [6.45, 7) is 8.97. The molecule has 3 N–H and O–H groups in total. The summed E-state index contributed by atoms with van der Waals surface area (Å²) in [7, 11) is 0. The molecular weight excluding hydrogens is 306 g/mol. The third-order valence-corrected chi connectivity index (χ3v) is 4.48. The van der Waals surface area contributed by atoms with Gasteiger partial charge in [0.1, 0.15) is 5.76 Å². The fraction of sp³-hybridized carbons (Fsp3) is 0.722. The fourth-order valence-corrected chi connectivity index (χ4v) is 3.39. The number of furan rings is 1. The van der Waals surface area contributed by atoms with Crippen LogP contribution >= 0.6 is 0 Å². The number of likely N-dealkylation sites (tertiary alicyclic amines) is 1. The Morgan fingerprint density at radius 1 is 1.38 bits per heavy atom.